The second-order valence-corrected chi connectivity index (χ2v) is 8.17. The standard InChI is InChI=1S/C21H29N3O2.ClH/c1-15(16-6-4-8-18(12-16)24-11-5-9-19(24)25)23-20(26)21-10-3-2-7-17(21)13-22-14-21;/h4,6,8,12,15,17,22H,2-3,5,7,9-11,13-14H2,1H3,(H,23,26);1H/t15?,17-,21+;/m0./s1. The summed E-state index contributed by atoms with van der Waals surface area (Å²) in [4.78, 5) is 27.0. The second-order valence-electron chi connectivity index (χ2n) is 8.17. The summed E-state index contributed by atoms with van der Waals surface area (Å²) in [6.45, 7) is 4.60. The quantitative estimate of drug-likeness (QED) is 0.828. The van der Waals surface area contributed by atoms with Gasteiger partial charge in [0.15, 0.2) is 0 Å². The molecule has 0 bridgehead atoms. The van der Waals surface area contributed by atoms with Crippen molar-refractivity contribution in [3.8, 4) is 0 Å². The van der Waals surface area contributed by atoms with E-state index in [1.807, 2.05) is 30.0 Å². The summed E-state index contributed by atoms with van der Waals surface area (Å²) in [6.07, 6.45) is 6.09. The topological polar surface area (TPSA) is 61.4 Å². The van der Waals surface area contributed by atoms with E-state index in [9.17, 15) is 9.59 Å². The SMILES string of the molecule is CC(NC(=O)[C@@]12CCCC[C@H]1CNC2)c1cccc(N2CCCC2=O)c1.Cl. The molecule has 1 unspecified atom stereocenters. The number of nitrogens with one attached hydrogen (secondary N) is 2. The molecular weight excluding hydrogens is 362 g/mol. The fraction of sp³-hybridized carbons (Fsp3) is 0.619. The minimum absolute atomic E-state index is 0. The lowest BCUT2D eigenvalue weighted by Gasteiger charge is -2.38. The highest BCUT2D eigenvalue weighted by Gasteiger charge is 2.50. The first-order valence-electron chi connectivity index (χ1n) is 10.0. The highest BCUT2D eigenvalue weighted by Crippen LogP contribution is 2.44. The van der Waals surface area contributed by atoms with Crippen LogP contribution in [0, 0.1) is 11.3 Å². The molecule has 0 aromatic heterocycles. The molecule has 27 heavy (non-hydrogen) atoms. The number of fused-ring (bicyclic) bond motifs is 1. The molecule has 3 fully saturated rings. The Bertz CT molecular complexity index is 710. The van der Waals surface area contributed by atoms with E-state index in [1.54, 1.807) is 0 Å². The van der Waals surface area contributed by atoms with Gasteiger partial charge in [-0.2, -0.15) is 0 Å². The molecule has 0 radical (unpaired) electrons. The van der Waals surface area contributed by atoms with Crippen LogP contribution < -0.4 is 15.5 Å². The molecule has 4 rings (SSSR count). The van der Waals surface area contributed by atoms with E-state index in [1.165, 1.54) is 6.42 Å². The molecule has 1 saturated carbocycles. The van der Waals surface area contributed by atoms with E-state index >= 15 is 0 Å². The first-order valence-corrected chi connectivity index (χ1v) is 10.0. The summed E-state index contributed by atoms with van der Waals surface area (Å²) in [5, 5.41) is 6.72. The smallest absolute Gasteiger partial charge is 0.228 e. The predicted octanol–water partition coefficient (Wildman–Crippen LogP) is 3.19. The Balaban J connectivity index is 0.00000210. The van der Waals surface area contributed by atoms with Crippen LogP contribution in [0.1, 0.15) is 57.1 Å². The highest BCUT2D eigenvalue weighted by molar-refractivity contribution is 5.95. The van der Waals surface area contributed by atoms with E-state index in [0.29, 0.717) is 12.3 Å². The van der Waals surface area contributed by atoms with Gasteiger partial charge in [-0.25, -0.2) is 0 Å². The van der Waals surface area contributed by atoms with Crippen LogP contribution in [0.4, 0.5) is 5.69 Å². The van der Waals surface area contributed by atoms with Crippen molar-refractivity contribution >= 4 is 29.9 Å². The molecule has 2 amide bonds. The number of anilines is 1. The monoisotopic (exact) mass is 391 g/mol. The van der Waals surface area contributed by atoms with Crippen molar-refractivity contribution in [3.63, 3.8) is 0 Å². The average molecular weight is 392 g/mol. The second kappa shape index (κ2) is 8.19. The third-order valence-electron chi connectivity index (χ3n) is 6.59. The van der Waals surface area contributed by atoms with Crippen molar-refractivity contribution in [1.29, 1.82) is 0 Å². The van der Waals surface area contributed by atoms with Gasteiger partial charge < -0.3 is 15.5 Å². The van der Waals surface area contributed by atoms with Crippen molar-refractivity contribution in [2.24, 2.45) is 11.3 Å². The third-order valence-corrected chi connectivity index (χ3v) is 6.59. The van der Waals surface area contributed by atoms with Crippen molar-refractivity contribution < 1.29 is 9.59 Å². The maximum atomic E-state index is 13.2. The van der Waals surface area contributed by atoms with Gasteiger partial charge in [0.2, 0.25) is 11.8 Å². The first-order chi connectivity index (χ1) is 12.6. The van der Waals surface area contributed by atoms with Gasteiger partial charge in [0.05, 0.1) is 11.5 Å². The lowest BCUT2D eigenvalue weighted by molar-refractivity contribution is -0.134. The van der Waals surface area contributed by atoms with Gasteiger partial charge in [-0.3, -0.25) is 9.59 Å². The number of carbonyl (C=O) groups is 2. The summed E-state index contributed by atoms with van der Waals surface area (Å²) in [5.74, 6) is 0.860. The molecule has 148 valence electrons. The Kier molecular flexibility index (Phi) is 6.11. The van der Waals surface area contributed by atoms with E-state index < -0.39 is 0 Å². The van der Waals surface area contributed by atoms with Crippen molar-refractivity contribution in [1.82, 2.24) is 10.6 Å². The lowest BCUT2D eigenvalue weighted by Crippen LogP contribution is -2.48. The molecule has 3 aliphatic rings. The molecule has 5 nitrogen and oxygen atoms in total. The number of rotatable bonds is 4. The summed E-state index contributed by atoms with van der Waals surface area (Å²) < 4.78 is 0. The number of nitrogens with zero attached hydrogens (tertiary/aromatic N) is 1. The first kappa shape index (κ1) is 20.2. The molecule has 1 aromatic carbocycles. The Morgan fingerprint density at radius 2 is 2.19 bits per heavy atom. The van der Waals surface area contributed by atoms with Gasteiger partial charge in [0, 0.05) is 25.2 Å². The zero-order valence-electron chi connectivity index (χ0n) is 16.0. The van der Waals surface area contributed by atoms with Gasteiger partial charge in [0.25, 0.3) is 0 Å². The van der Waals surface area contributed by atoms with Gasteiger partial charge >= 0.3 is 0 Å². The summed E-state index contributed by atoms with van der Waals surface area (Å²) in [5.41, 5.74) is 1.78. The molecule has 2 aliphatic heterocycles. The van der Waals surface area contributed by atoms with Crippen molar-refractivity contribution in [3.05, 3.63) is 29.8 Å². The number of hydrogen-bond donors (Lipinski definition) is 2. The number of halogens is 1. The minimum Gasteiger partial charge on any atom is -0.349 e. The highest BCUT2D eigenvalue weighted by atomic mass is 35.5. The van der Waals surface area contributed by atoms with Crippen LogP contribution in [0.2, 0.25) is 0 Å². The number of benzene rings is 1. The molecule has 1 aliphatic carbocycles. The van der Waals surface area contributed by atoms with E-state index in [-0.39, 0.29) is 35.7 Å². The maximum absolute atomic E-state index is 13.2. The van der Waals surface area contributed by atoms with Gasteiger partial charge in [-0.1, -0.05) is 25.0 Å². The van der Waals surface area contributed by atoms with Crippen LogP contribution in [-0.2, 0) is 9.59 Å². The molecule has 3 atom stereocenters. The molecule has 6 heteroatoms. The average Bonchev–Trinajstić information content (AvgIpc) is 3.28. The molecule has 2 heterocycles. The molecular formula is C21H30ClN3O2. The number of hydrogen-bond acceptors (Lipinski definition) is 3. The number of amides is 2. The third kappa shape index (κ3) is 3.72. The van der Waals surface area contributed by atoms with E-state index in [0.717, 1.165) is 56.6 Å². The lowest BCUT2D eigenvalue weighted by atomic mass is 9.67. The van der Waals surface area contributed by atoms with Crippen molar-refractivity contribution in [2.45, 2.75) is 51.5 Å². The summed E-state index contributed by atoms with van der Waals surface area (Å²) in [7, 11) is 0. The molecule has 2 N–H and O–H groups in total. The van der Waals surface area contributed by atoms with Gasteiger partial charge in [0.1, 0.15) is 0 Å². The zero-order chi connectivity index (χ0) is 18.1. The van der Waals surface area contributed by atoms with Crippen LogP contribution in [-0.4, -0.2) is 31.4 Å². The van der Waals surface area contributed by atoms with Crippen molar-refractivity contribution in [2.75, 3.05) is 24.5 Å². The number of carbonyl (C=O) groups excluding carboxylic acids is 2. The largest absolute Gasteiger partial charge is 0.349 e. The van der Waals surface area contributed by atoms with Gasteiger partial charge in [-0.15, -0.1) is 12.4 Å². The zero-order valence-corrected chi connectivity index (χ0v) is 16.8. The minimum atomic E-state index is -0.227. The van der Waals surface area contributed by atoms with Crippen LogP contribution >= 0.6 is 12.4 Å². The van der Waals surface area contributed by atoms with E-state index in [2.05, 4.69) is 16.7 Å². The fourth-order valence-corrected chi connectivity index (χ4v) is 5.00. The van der Waals surface area contributed by atoms with Crippen LogP contribution in [0.15, 0.2) is 24.3 Å². The Hall–Kier alpha value is -1.59. The van der Waals surface area contributed by atoms with Crippen LogP contribution in [0.5, 0.6) is 0 Å². The summed E-state index contributed by atoms with van der Waals surface area (Å²) >= 11 is 0. The normalized spacial score (nSPS) is 28.4. The molecule has 1 aromatic rings. The molecule has 0 spiro atoms. The Morgan fingerprint density at radius 1 is 1.33 bits per heavy atom. The predicted molar refractivity (Wildman–Crippen MR) is 109 cm³/mol. The van der Waals surface area contributed by atoms with E-state index in [4.69, 9.17) is 0 Å². The Labute approximate surface area is 167 Å². The molecule has 2 saturated heterocycles. The van der Waals surface area contributed by atoms with Crippen LogP contribution in [0.25, 0.3) is 0 Å². The van der Waals surface area contributed by atoms with Crippen LogP contribution in [0.3, 0.4) is 0 Å². The fourth-order valence-electron chi connectivity index (χ4n) is 5.00. The van der Waals surface area contributed by atoms with Gasteiger partial charge in [-0.05, 0) is 56.3 Å². The Morgan fingerprint density at radius 3 is 2.96 bits per heavy atom. The maximum Gasteiger partial charge on any atom is 0.228 e. The summed E-state index contributed by atoms with van der Waals surface area (Å²) in [6, 6.07) is 8.00.